The van der Waals surface area contributed by atoms with Crippen molar-refractivity contribution in [2.45, 2.75) is 32.3 Å². The molecular formula is C17H18BrFO. The van der Waals surface area contributed by atoms with E-state index in [0.29, 0.717) is 15.6 Å². The number of hydrogen-bond donors (Lipinski definition) is 1. The third-order valence-electron chi connectivity index (χ3n) is 3.39. The van der Waals surface area contributed by atoms with Crippen LogP contribution in [0, 0.1) is 5.82 Å². The van der Waals surface area contributed by atoms with Crippen molar-refractivity contribution in [1.82, 2.24) is 0 Å². The van der Waals surface area contributed by atoms with Gasteiger partial charge in [0.1, 0.15) is 11.9 Å². The maximum Gasteiger partial charge on any atom is 0.143 e. The number of rotatable bonds is 5. The van der Waals surface area contributed by atoms with Crippen LogP contribution >= 0.6 is 15.9 Å². The highest BCUT2D eigenvalue weighted by Crippen LogP contribution is 2.28. The molecule has 0 spiro atoms. The highest BCUT2D eigenvalue weighted by atomic mass is 79.9. The van der Waals surface area contributed by atoms with Crippen LogP contribution in [0.3, 0.4) is 0 Å². The molecule has 0 saturated carbocycles. The minimum absolute atomic E-state index is 0.292. The molecule has 0 aliphatic heterocycles. The zero-order valence-electron chi connectivity index (χ0n) is 11.4. The van der Waals surface area contributed by atoms with Crippen LogP contribution in [0.2, 0.25) is 0 Å². The van der Waals surface area contributed by atoms with E-state index < -0.39 is 11.9 Å². The summed E-state index contributed by atoms with van der Waals surface area (Å²) in [7, 11) is 0. The minimum Gasteiger partial charge on any atom is -0.384 e. The quantitative estimate of drug-likeness (QED) is 0.813. The van der Waals surface area contributed by atoms with E-state index >= 15 is 0 Å². The summed E-state index contributed by atoms with van der Waals surface area (Å²) in [6, 6.07) is 12.7. The van der Waals surface area contributed by atoms with E-state index in [1.54, 1.807) is 18.2 Å². The van der Waals surface area contributed by atoms with Crippen LogP contribution in [0.1, 0.15) is 42.6 Å². The van der Waals surface area contributed by atoms with E-state index in [1.165, 1.54) is 5.56 Å². The van der Waals surface area contributed by atoms with Gasteiger partial charge >= 0.3 is 0 Å². The number of unbranched alkanes of at least 4 members (excludes halogenated alkanes) is 1. The lowest BCUT2D eigenvalue weighted by Gasteiger charge is -2.13. The van der Waals surface area contributed by atoms with Crippen LogP contribution in [-0.2, 0) is 6.42 Å². The average molecular weight is 337 g/mol. The van der Waals surface area contributed by atoms with Crippen molar-refractivity contribution in [3.8, 4) is 0 Å². The van der Waals surface area contributed by atoms with E-state index in [2.05, 4.69) is 22.9 Å². The predicted octanol–water partition coefficient (Wildman–Crippen LogP) is 5.01. The summed E-state index contributed by atoms with van der Waals surface area (Å²) in [4.78, 5) is 0. The van der Waals surface area contributed by atoms with Gasteiger partial charge in [0.15, 0.2) is 0 Å². The Bertz CT molecular complexity index is 566. The van der Waals surface area contributed by atoms with Crippen LogP contribution in [0.4, 0.5) is 4.39 Å². The highest BCUT2D eigenvalue weighted by molar-refractivity contribution is 9.10. The average Bonchev–Trinajstić information content (AvgIpc) is 2.48. The Hall–Kier alpha value is -1.19. The number of hydrogen-bond acceptors (Lipinski definition) is 1. The summed E-state index contributed by atoms with van der Waals surface area (Å²) in [6.45, 7) is 2.16. The number of benzene rings is 2. The first-order chi connectivity index (χ1) is 9.63. The molecule has 20 heavy (non-hydrogen) atoms. The largest absolute Gasteiger partial charge is 0.384 e. The van der Waals surface area contributed by atoms with Crippen molar-refractivity contribution >= 4 is 15.9 Å². The molecule has 0 amide bonds. The minimum atomic E-state index is -0.937. The molecule has 2 rings (SSSR count). The van der Waals surface area contributed by atoms with Crippen LogP contribution in [0.25, 0.3) is 0 Å². The molecule has 3 heteroatoms. The Morgan fingerprint density at radius 1 is 1.15 bits per heavy atom. The predicted molar refractivity (Wildman–Crippen MR) is 83.2 cm³/mol. The zero-order valence-corrected chi connectivity index (χ0v) is 13.0. The standard InChI is InChI=1S/C17H18BrFO/c1-2-3-5-12-8-10-13(11-9-12)17(20)14-6-4-7-15(18)16(14)19/h4,6-11,17,20H,2-3,5H2,1H3. The van der Waals surface area contributed by atoms with Gasteiger partial charge in [-0.15, -0.1) is 0 Å². The summed E-state index contributed by atoms with van der Waals surface area (Å²) in [5, 5.41) is 10.3. The maximum atomic E-state index is 14.0. The molecule has 0 radical (unpaired) electrons. The molecule has 0 heterocycles. The monoisotopic (exact) mass is 336 g/mol. The summed E-state index contributed by atoms with van der Waals surface area (Å²) >= 11 is 3.14. The van der Waals surface area contributed by atoms with Crippen molar-refractivity contribution in [1.29, 1.82) is 0 Å². The van der Waals surface area contributed by atoms with Crippen LogP contribution in [0.15, 0.2) is 46.9 Å². The van der Waals surface area contributed by atoms with Crippen molar-refractivity contribution in [2.75, 3.05) is 0 Å². The van der Waals surface area contributed by atoms with Gasteiger partial charge in [0.25, 0.3) is 0 Å². The molecule has 0 saturated heterocycles. The molecule has 0 fully saturated rings. The molecule has 0 aliphatic rings. The summed E-state index contributed by atoms with van der Waals surface area (Å²) in [6.07, 6.45) is 2.42. The molecule has 0 bridgehead atoms. The van der Waals surface area contributed by atoms with Crippen molar-refractivity contribution < 1.29 is 9.50 Å². The van der Waals surface area contributed by atoms with E-state index in [0.717, 1.165) is 19.3 Å². The van der Waals surface area contributed by atoms with Crippen molar-refractivity contribution in [2.24, 2.45) is 0 Å². The fraction of sp³-hybridized carbons (Fsp3) is 0.294. The molecule has 1 N–H and O–H groups in total. The number of aryl methyl sites for hydroxylation is 1. The molecule has 0 aliphatic carbocycles. The molecular weight excluding hydrogens is 319 g/mol. The molecule has 2 aromatic carbocycles. The Morgan fingerprint density at radius 2 is 1.85 bits per heavy atom. The highest BCUT2D eigenvalue weighted by Gasteiger charge is 2.16. The zero-order chi connectivity index (χ0) is 14.5. The SMILES string of the molecule is CCCCc1ccc(C(O)c2cccc(Br)c2F)cc1. The topological polar surface area (TPSA) is 20.2 Å². The Kier molecular flexibility index (Phi) is 5.32. The van der Waals surface area contributed by atoms with Crippen molar-refractivity contribution in [3.63, 3.8) is 0 Å². The normalized spacial score (nSPS) is 12.4. The summed E-state index contributed by atoms with van der Waals surface area (Å²) < 4.78 is 14.3. The van der Waals surface area contributed by atoms with Crippen LogP contribution < -0.4 is 0 Å². The van der Waals surface area contributed by atoms with Crippen LogP contribution in [0.5, 0.6) is 0 Å². The van der Waals surface area contributed by atoms with Gasteiger partial charge in [-0.05, 0) is 46.0 Å². The lowest BCUT2D eigenvalue weighted by molar-refractivity contribution is 0.214. The molecule has 1 nitrogen and oxygen atoms in total. The van der Waals surface area contributed by atoms with Gasteiger partial charge in [-0.3, -0.25) is 0 Å². The lowest BCUT2D eigenvalue weighted by atomic mass is 9.99. The summed E-state index contributed by atoms with van der Waals surface area (Å²) in [5.74, 6) is -0.407. The number of aliphatic hydroxyl groups is 1. The third-order valence-corrected chi connectivity index (χ3v) is 4.00. The van der Waals surface area contributed by atoms with Gasteiger partial charge in [-0.2, -0.15) is 0 Å². The van der Waals surface area contributed by atoms with E-state index in [1.807, 2.05) is 24.3 Å². The molecule has 0 aromatic heterocycles. The van der Waals surface area contributed by atoms with Gasteiger partial charge in [0, 0.05) is 5.56 Å². The summed E-state index contributed by atoms with van der Waals surface area (Å²) in [5.41, 5.74) is 2.25. The Balaban J connectivity index is 2.20. The van der Waals surface area contributed by atoms with Gasteiger partial charge < -0.3 is 5.11 Å². The van der Waals surface area contributed by atoms with Crippen LogP contribution in [-0.4, -0.2) is 5.11 Å². The third kappa shape index (κ3) is 3.47. The first-order valence-corrected chi connectivity index (χ1v) is 7.63. The second-order valence-corrected chi connectivity index (χ2v) is 5.75. The Morgan fingerprint density at radius 3 is 2.50 bits per heavy atom. The smallest absolute Gasteiger partial charge is 0.143 e. The molecule has 106 valence electrons. The van der Waals surface area contributed by atoms with E-state index in [4.69, 9.17) is 0 Å². The van der Waals surface area contributed by atoms with E-state index in [9.17, 15) is 9.50 Å². The van der Waals surface area contributed by atoms with Gasteiger partial charge in [-0.25, -0.2) is 4.39 Å². The van der Waals surface area contributed by atoms with Gasteiger partial charge in [0.05, 0.1) is 4.47 Å². The second kappa shape index (κ2) is 7.00. The molecule has 1 unspecified atom stereocenters. The molecule has 1 atom stereocenters. The fourth-order valence-corrected chi connectivity index (χ4v) is 2.54. The maximum absolute atomic E-state index is 14.0. The Labute approximate surface area is 127 Å². The number of aliphatic hydroxyl groups excluding tert-OH is 1. The van der Waals surface area contributed by atoms with E-state index in [-0.39, 0.29) is 0 Å². The first kappa shape index (κ1) is 15.2. The van der Waals surface area contributed by atoms with Crippen molar-refractivity contribution in [3.05, 3.63) is 69.4 Å². The first-order valence-electron chi connectivity index (χ1n) is 6.84. The fourth-order valence-electron chi connectivity index (χ4n) is 2.16. The van der Waals surface area contributed by atoms with Gasteiger partial charge in [-0.1, -0.05) is 49.7 Å². The second-order valence-electron chi connectivity index (χ2n) is 4.89. The lowest BCUT2D eigenvalue weighted by Crippen LogP contribution is -2.03. The number of halogens is 2. The van der Waals surface area contributed by atoms with Gasteiger partial charge in [0.2, 0.25) is 0 Å². The molecule has 2 aromatic rings.